The van der Waals surface area contributed by atoms with E-state index in [0.29, 0.717) is 19.4 Å². The Morgan fingerprint density at radius 2 is 0.517 bits per heavy atom. The quantitative estimate of drug-likeness (QED) is 0.0320. The van der Waals surface area contributed by atoms with Crippen molar-refractivity contribution < 1.29 is 24.5 Å². The molecule has 2 atom stereocenters. The second-order valence-electron chi connectivity index (χ2n) is 28.8. The van der Waals surface area contributed by atoms with Crippen LogP contribution in [0.4, 0.5) is 0 Å². The predicted molar refractivity (Wildman–Crippen MR) is 394 cm³/mol. The number of aliphatic hydroxyl groups is 2. The van der Waals surface area contributed by atoms with Gasteiger partial charge in [0.15, 0.2) is 0 Å². The predicted octanol–water partition coefficient (Wildman–Crippen LogP) is 27.4. The SMILES string of the molecule is CCCCCCCCCCCCCCCCCCCCCCCCC/C=C/C(O)C(CO)NC(=O)CCCCCCCCCCCCCCCCCCCCCCCCCCCCCCCCOC(=O)CCCCCCCCCCCCCCCCCCC. The van der Waals surface area contributed by atoms with Gasteiger partial charge in [-0.15, -0.1) is 0 Å². The van der Waals surface area contributed by atoms with Gasteiger partial charge >= 0.3 is 5.97 Å². The Kier molecular flexibility index (Phi) is 77.8. The van der Waals surface area contributed by atoms with Crippen molar-refractivity contribution in [2.45, 2.75) is 495 Å². The van der Waals surface area contributed by atoms with Crippen molar-refractivity contribution in [1.29, 1.82) is 0 Å². The topological polar surface area (TPSA) is 95.9 Å². The van der Waals surface area contributed by atoms with Crippen LogP contribution in [0.5, 0.6) is 0 Å². The summed E-state index contributed by atoms with van der Waals surface area (Å²) in [7, 11) is 0. The number of ether oxygens (including phenoxy) is 1. The van der Waals surface area contributed by atoms with E-state index in [1.807, 2.05) is 6.08 Å². The number of amides is 1. The molecule has 0 aliphatic carbocycles. The number of hydrogen-bond acceptors (Lipinski definition) is 5. The summed E-state index contributed by atoms with van der Waals surface area (Å²) in [6.45, 7) is 4.97. The smallest absolute Gasteiger partial charge is 0.305 e. The van der Waals surface area contributed by atoms with Crippen LogP contribution < -0.4 is 5.32 Å². The fourth-order valence-corrected chi connectivity index (χ4v) is 13.5. The molecule has 530 valence electrons. The minimum absolute atomic E-state index is 0.0253. The van der Waals surface area contributed by atoms with Gasteiger partial charge in [-0.1, -0.05) is 450 Å². The lowest BCUT2D eigenvalue weighted by Crippen LogP contribution is -2.45. The van der Waals surface area contributed by atoms with Gasteiger partial charge in [-0.2, -0.15) is 0 Å². The highest BCUT2D eigenvalue weighted by atomic mass is 16.5. The molecule has 2 unspecified atom stereocenters. The van der Waals surface area contributed by atoms with Gasteiger partial charge in [-0.25, -0.2) is 0 Å². The van der Waals surface area contributed by atoms with E-state index < -0.39 is 12.1 Å². The average Bonchev–Trinajstić information content (AvgIpc) is 3.58. The van der Waals surface area contributed by atoms with E-state index in [1.54, 1.807) is 6.08 Å². The number of carbonyl (C=O) groups is 2. The Morgan fingerprint density at radius 1 is 0.303 bits per heavy atom. The summed E-state index contributed by atoms with van der Waals surface area (Å²) >= 11 is 0. The highest BCUT2D eigenvalue weighted by Crippen LogP contribution is 2.21. The molecular weight excluding hydrogens is 1090 g/mol. The van der Waals surface area contributed by atoms with Gasteiger partial charge in [0.1, 0.15) is 0 Å². The Bertz CT molecular complexity index is 1350. The summed E-state index contributed by atoms with van der Waals surface area (Å²) in [5.74, 6) is -0.0327. The van der Waals surface area contributed by atoms with Crippen LogP contribution in [0.3, 0.4) is 0 Å². The maximum Gasteiger partial charge on any atom is 0.305 e. The molecular formula is C83H163NO5. The fraction of sp³-hybridized carbons (Fsp3) is 0.952. The zero-order valence-corrected chi connectivity index (χ0v) is 61.0. The molecule has 0 spiro atoms. The molecule has 0 aliphatic heterocycles. The lowest BCUT2D eigenvalue weighted by Gasteiger charge is -2.20. The molecule has 0 bridgehead atoms. The lowest BCUT2D eigenvalue weighted by molar-refractivity contribution is -0.143. The van der Waals surface area contributed by atoms with Crippen molar-refractivity contribution >= 4 is 11.9 Å². The number of nitrogens with one attached hydrogen (secondary N) is 1. The summed E-state index contributed by atoms with van der Waals surface area (Å²) in [5, 5.41) is 23.3. The fourth-order valence-electron chi connectivity index (χ4n) is 13.5. The number of rotatable bonds is 79. The van der Waals surface area contributed by atoms with Crippen LogP contribution in [-0.2, 0) is 14.3 Å². The molecule has 0 fully saturated rings. The highest BCUT2D eigenvalue weighted by Gasteiger charge is 2.18. The second-order valence-corrected chi connectivity index (χ2v) is 28.8. The van der Waals surface area contributed by atoms with Crippen molar-refractivity contribution in [2.75, 3.05) is 13.2 Å². The second kappa shape index (κ2) is 79.0. The van der Waals surface area contributed by atoms with E-state index >= 15 is 0 Å². The van der Waals surface area contributed by atoms with Crippen LogP contribution in [0.1, 0.15) is 483 Å². The maximum absolute atomic E-state index is 12.6. The summed E-state index contributed by atoms with van der Waals surface area (Å²) in [6.07, 6.45) is 101. The minimum Gasteiger partial charge on any atom is -0.466 e. The largest absolute Gasteiger partial charge is 0.466 e. The number of allylic oxidation sites excluding steroid dienone is 1. The van der Waals surface area contributed by atoms with Crippen molar-refractivity contribution in [3.63, 3.8) is 0 Å². The number of carbonyl (C=O) groups excluding carboxylic acids is 2. The Balaban J connectivity index is 3.35. The molecule has 0 radical (unpaired) electrons. The van der Waals surface area contributed by atoms with E-state index in [1.165, 1.54) is 417 Å². The van der Waals surface area contributed by atoms with Crippen LogP contribution in [0.2, 0.25) is 0 Å². The minimum atomic E-state index is -0.843. The van der Waals surface area contributed by atoms with Crippen LogP contribution in [0.25, 0.3) is 0 Å². The monoisotopic (exact) mass is 1250 g/mol. The summed E-state index contributed by atoms with van der Waals surface area (Å²) < 4.78 is 5.52. The van der Waals surface area contributed by atoms with Crippen LogP contribution >= 0.6 is 0 Å². The van der Waals surface area contributed by atoms with E-state index in [0.717, 1.165) is 38.5 Å². The standard InChI is InChI=1S/C83H163NO5/c1-3-5-7-9-11-13-15-17-19-21-22-23-24-31-34-37-40-44-47-51-55-59-63-67-71-75-81(86)80(79-85)84-82(87)76-72-68-64-60-56-52-48-45-41-38-35-32-29-27-25-26-28-30-33-36-39-42-46-50-54-58-62-66-70-74-78-89-83(88)77-73-69-65-61-57-53-49-43-20-18-16-14-12-10-8-6-4-2/h71,75,80-81,85-86H,3-70,72-74,76-79H2,1-2H3,(H,84,87)/b75-71+. The van der Waals surface area contributed by atoms with Crippen LogP contribution in [0, 0.1) is 0 Å². The first-order chi connectivity index (χ1) is 44.0. The third-order valence-corrected chi connectivity index (χ3v) is 19.8. The van der Waals surface area contributed by atoms with Crippen LogP contribution in [-0.4, -0.2) is 47.4 Å². The van der Waals surface area contributed by atoms with Crippen LogP contribution in [0.15, 0.2) is 12.2 Å². The molecule has 0 aliphatic rings. The molecule has 0 saturated heterocycles. The molecule has 0 aromatic heterocycles. The third kappa shape index (κ3) is 75.5. The number of unbranched alkanes of at least 4 members (excludes halogenated alkanes) is 68. The molecule has 0 rings (SSSR count). The first kappa shape index (κ1) is 87.6. The van der Waals surface area contributed by atoms with Gasteiger partial charge < -0.3 is 20.3 Å². The molecule has 0 aromatic rings. The van der Waals surface area contributed by atoms with Gasteiger partial charge in [0.05, 0.1) is 25.4 Å². The zero-order chi connectivity index (χ0) is 64.2. The van der Waals surface area contributed by atoms with E-state index in [-0.39, 0.29) is 18.5 Å². The van der Waals surface area contributed by atoms with Gasteiger partial charge in [0.2, 0.25) is 5.91 Å². The lowest BCUT2D eigenvalue weighted by atomic mass is 10.0. The van der Waals surface area contributed by atoms with E-state index in [2.05, 4.69) is 19.2 Å². The first-order valence-electron chi connectivity index (χ1n) is 41.5. The number of hydrogen-bond donors (Lipinski definition) is 3. The summed E-state index contributed by atoms with van der Waals surface area (Å²) in [6, 6.07) is -0.626. The average molecular weight is 1260 g/mol. The molecule has 0 saturated carbocycles. The molecule has 1 amide bonds. The maximum atomic E-state index is 12.6. The third-order valence-electron chi connectivity index (χ3n) is 19.8. The molecule has 0 aromatic carbocycles. The van der Waals surface area contributed by atoms with E-state index in [4.69, 9.17) is 4.74 Å². The van der Waals surface area contributed by atoms with Crippen molar-refractivity contribution in [1.82, 2.24) is 5.32 Å². The molecule has 6 nitrogen and oxygen atoms in total. The van der Waals surface area contributed by atoms with Gasteiger partial charge in [0.25, 0.3) is 0 Å². The van der Waals surface area contributed by atoms with Crippen molar-refractivity contribution in [3.05, 3.63) is 12.2 Å². The van der Waals surface area contributed by atoms with Gasteiger partial charge in [-0.05, 0) is 32.1 Å². The normalized spacial score (nSPS) is 12.4. The van der Waals surface area contributed by atoms with Gasteiger partial charge in [-0.3, -0.25) is 9.59 Å². The Labute approximate surface area is 559 Å². The molecule has 0 heterocycles. The Morgan fingerprint density at radius 3 is 0.764 bits per heavy atom. The van der Waals surface area contributed by atoms with Crippen molar-refractivity contribution in [3.8, 4) is 0 Å². The Hall–Kier alpha value is -1.40. The van der Waals surface area contributed by atoms with E-state index in [9.17, 15) is 19.8 Å². The molecule has 3 N–H and O–H groups in total. The zero-order valence-electron chi connectivity index (χ0n) is 61.0. The van der Waals surface area contributed by atoms with Gasteiger partial charge in [0, 0.05) is 12.8 Å². The van der Waals surface area contributed by atoms with Crippen molar-refractivity contribution in [2.24, 2.45) is 0 Å². The highest BCUT2D eigenvalue weighted by molar-refractivity contribution is 5.76. The first-order valence-corrected chi connectivity index (χ1v) is 41.5. The summed E-state index contributed by atoms with van der Waals surface area (Å²) in [5.41, 5.74) is 0. The number of aliphatic hydroxyl groups excluding tert-OH is 2. The summed E-state index contributed by atoms with van der Waals surface area (Å²) in [4.78, 5) is 24.7. The molecule has 6 heteroatoms. The number of esters is 1. The molecule has 89 heavy (non-hydrogen) atoms.